The topological polar surface area (TPSA) is 213 Å². The minimum atomic E-state index is -4.94. The van der Waals surface area contributed by atoms with Crippen molar-refractivity contribution in [2.75, 3.05) is 52.9 Å². The van der Waals surface area contributed by atoms with Gasteiger partial charge in [-0.2, -0.15) is 10.3 Å². The van der Waals surface area contributed by atoms with E-state index in [2.05, 4.69) is 11.6 Å². The van der Waals surface area contributed by atoms with Gasteiger partial charge in [-0.05, 0) is 12.1 Å². The smallest absolute Gasteiger partial charge is 0.358 e. The average Bonchev–Trinajstić information content (AvgIpc) is 2.92. The number of ketones is 1. The summed E-state index contributed by atoms with van der Waals surface area (Å²) in [5.41, 5.74) is 2.25. The standard InChI is InChI=1S/C25H27NO7.C2H3N.ClHO4/c1-2-21(27)26-24-22-17-5-3-7-19(22)32-15-13-30-11-9-29-10-12-31-14-16-33-20-8-4-6-18(23(20)24)25(17)28;1-2-3;2-1(3,4)5/h2-8,24H,1,9-16H2,(H,26,27);1H3;(H,2,3,4,5). The molecule has 222 valence electrons. The Bertz CT molecular complexity index is 1150. The molecule has 0 radical (unpaired) electrons. The number of nitriles is 1. The van der Waals surface area contributed by atoms with Gasteiger partial charge in [-0.3, -0.25) is 4.79 Å². The molecule has 0 unspecified atom stereocenters. The summed E-state index contributed by atoms with van der Waals surface area (Å²) in [6.45, 7) is 8.20. The lowest BCUT2D eigenvalue weighted by Crippen LogP contribution is -2.75. The minimum absolute atomic E-state index is 0.121. The Morgan fingerprint density at radius 1 is 0.902 bits per heavy atom. The average molecular weight is 595 g/mol. The lowest BCUT2D eigenvalue weighted by molar-refractivity contribution is -2.00. The molecule has 1 aliphatic carbocycles. The Morgan fingerprint density at radius 2 is 1.27 bits per heavy atom. The number of aliphatic hydroxyl groups excluding tert-OH is 1. The maximum Gasteiger partial charge on any atom is 0.358 e. The van der Waals surface area contributed by atoms with Crippen LogP contribution in [-0.4, -0.2) is 69.6 Å². The maximum absolute atomic E-state index is 13.4. The molecule has 0 saturated heterocycles. The van der Waals surface area contributed by atoms with E-state index < -0.39 is 16.3 Å². The second-order valence-electron chi connectivity index (χ2n) is 8.07. The number of hydrogen-bond donors (Lipinski definition) is 2. The maximum atomic E-state index is 13.4. The molecule has 0 amide bonds. The van der Waals surface area contributed by atoms with Crippen LogP contribution in [0.4, 0.5) is 0 Å². The van der Waals surface area contributed by atoms with Gasteiger partial charge in [0.05, 0.1) is 56.8 Å². The molecule has 2 N–H and O–H groups in total. The van der Waals surface area contributed by atoms with Gasteiger partial charge in [-0.1, -0.05) is 30.8 Å². The molecule has 0 spiro atoms. The zero-order valence-corrected chi connectivity index (χ0v) is 23.1. The minimum Gasteiger partial charge on any atom is -0.491 e. The highest BCUT2D eigenvalue weighted by molar-refractivity contribution is 6.13. The number of rotatable bonds is 2. The van der Waals surface area contributed by atoms with Crippen LogP contribution < -0.4 is 33.1 Å². The van der Waals surface area contributed by atoms with Gasteiger partial charge in [0, 0.05) is 24.1 Å². The molecule has 0 atom stereocenters. The van der Waals surface area contributed by atoms with Gasteiger partial charge in [-0.15, -0.1) is 10.2 Å². The van der Waals surface area contributed by atoms with Crippen LogP contribution in [0.15, 0.2) is 49.1 Å². The predicted molar refractivity (Wildman–Crippen MR) is 132 cm³/mol. The molecule has 1 heterocycles. The highest BCUT2D eigenvalue weighted by Crippen LogP contribution is 2.42. The van der Waals surface area contributed by atoms with Gasteiger partial charge in [0.1, 0.15) is 24.7 Å². The van der Waals surface area contributed by atoms with Crippen molar-refractivity contribution in [3.8, 4) is 17.6 Å². The quantitative estimate of drug-likeness (QED) is 0.265. The van der Waals surface area contributed by atoms with E-state index in [-0.39, 0.29) is 11.7 Å². The SMILES string of the molecule is C=CC(O)=[NH+]C1c2c3cccc2C(=O)c2cccc(c21)OCCOCCOCCOCCO3.CC#N.[O-][Cl+3]([O-])([O-])[O-]. The van der Waals surface area contributed by atoms with Crippen LogP contribution in [-0.2, 0) is 14.2 Å². The first-order chi connectivity index (χ1) is 19.6. The van der Waals surface area contributed by atoms with E-state index >= 15 is 0 Å². The summed E-state index contributed by atoms with van der Waals surface area (Å²) in [5.74, 6) is 0.802. The first-order valence-electron chi connectivity index (χ1n) is 12.3. The summed E-state index contributed by atoms with van der Waals surface area (Å²) in [4.78, 5) is 16.5. The predicted octanol–water partition coefficient (Wildman–Crippen LogP) is -2.86. The Balaban J connectivity index is 0.000000653. The molecular formula is C27H31ClN2O11. The van der Waals surface area contributed by atoms with Crippen molar-refractivity contribution in [1.82, 2.24) is 0 Å². The van der Waals surface area contributed by atoms with Gasteiger partial charge in [0.2, 0.25) is 6.04 Å². The van der Waals surface area contributed by atoms with Crippen LogP contribution in [0.1, 0.15) is 40.0 Å². The molecule has 0 saturated carbocycles. The largest absolute Gasteiger partial charge is 0.491 e. The van der Waals surface area contributed by atoms with Crippen LogP contribution in [0.5, 0.6) is 11.5 Å². The summed E-state index contributed by atoms with van der Waals surface area (Å²) < 4.78 is 62.6. The number of nitrogens with zero attached hydrogens (tertiary/aromatic N) is 1. The molecule has 0 aromatic heterocycles. The molecular weight excluding hydrogens is 564 g/mol. The van der Waals surface area contributed by atoms with Crippen LogP contribution in [0.2, 0.25) is 0 Å². The van der Waals surface area contributed by atoms with Crippen molar-refractivity contribution in [3.05, 3.63) is 71.3 Å². The Labute approximate surface area is 239 Å². The highest BCUT2D eigenvalue weighted by atomic mass is 35.7. The van der Waals surface area contributed by atoms with E-state index in [1.807, 2.05) is 0 Å². The van der Waals surface area contributed by atoms with E-state index in [1.165, 1.54) is 13.0 Å². The normalized spacial score (nSPS) is 16.5. The fraction of sp³-hybridized carbons (Fsp3) is 0.370. The van der Waals surface area contributed by atoms with E-state index in [4.69, 9.17) is 47.6 Å². The lowest BCUT2D eigenvalue weighted by atomic mass is 9.80. The number of carbonyl (C=O) groups is 1. The van der Waals surface area contributed by atoms with Crippen molar-refractivity contribution in [1.29, 1.82) is 5.26 Å². The van der Waals surface area contributed by atoms with Crippen LogP contribution in [0.3, 0.4) is 0 Å². The zero-order chi connectivity index (χ0) is 30.3. The molecule has 13 nitrogen and oxygen atoms in total. The van der Waals surface area contributed by atoms with Gasteiger partial charge >= 0.3 is 5.90 Å². The zero-order valence-electron chi connectivity index (χ0n) is 22.3. The molecule has 14 heteroatoms. The monoisotopic (exact) mass is 594 g/mol. The Morgan fingerprint density at radius 3 is 1.63 bits per heavy atom. The number of benzene rings is 2. The molecule has 2 bridgehead atoms. The van der Waals surface area contributed by atoms with Crippen molar-refractivity contribution in [2.45, 2.75) is 13.0 Å². The van der Waals surface area contributed by atoms with Crippen molar-refractivity contribution >= 4 is 11.7 Å². The van der Waals surface area contributed by atoms with Crippen molar-refractivity contribution < 1.29 is 67.5 Å². The number of carbonyl (C=O) groups excluding carboxylic acids is 1. The van der Waals surface area contributed by atoms with Crippen LogP contribution in [0.25, 0.3) is 0 Å². The van der Waals surface area contributed by atoms with Crippen molar-refractivity contribution in [3.63, 3.8) is 0 Å². The second-order valence-corrected chi connectivity index (χ2v) is 8.82. The first kappa shape index (κ1) is 33.6. The summed E-state index contributed by atoms with van der Waals surface area (Å²) in [6, 6.07) is 11.8. The number of nitrogens with one attached hydrogen (secondary N) is 1. The number of hydrogen-bond acceptors (Lipinski definition) is 11. The van der Waals surface area contributed by atoms with Gasteiger partial charge in [0.15, 0.2) is 5.78 Å². The van der Waals surface area contributed by atoms with Gasteiger partial charge in [-0.25, -0.2) is 18.6 Å². The third-order valence-electron chi connectivity index (χ3n) is 5.40. The third kappa shape index (κ3) is 11.1. The molecule has 0 fully saturated rings. The van der Waals surface area contributed by atoms with Crippen LogP contribution in [0, 0.1) is 21.6 Å². The molecule has 2 aromatic carbocycles. The number of halogens is 1. The highest BCUT2D eigenvalue weighted by Gasteiger charge is 2.39. The molecule has 2 aliphatic rings. The summed E-state index contributed by atoms with van der Waals surface area (Å²) in [6.07, 6.45) is 1.31. The van der Waals surface area contributed by atoms with E-state index in [0.717, 1.165) is 0 Å². The van der Waals surface area contributed by atoms with E-state index in [9.17, 15) is 9.90 Å². The van der Waals surface area contributed by atoms with Gasteiger partial charge in [0.25, 0.3) is 0 Å². The first-order valence-corrected chi connectivity index (χ1v) is 13.5. The summed E-state index contributed by atoms with van der Waals surface area (Å²) in [7, 11) is -4.94. The van der Waals surface area contributed by atoms with Gasteiger partial charge < -0.3 is 28.8 Å². The number of ether oxygens (including phenoxy) is 5. The Kier molecular flexibility index (Phi) is 14.2. The van der Waals surface area contributed by atoms with Crippen molar-refractivity contribution in [2.24, 2.45) is 0 Å². The molecule has 1 aliphatic heterocycles. The molecule has 4 rings (SSSR count). The third-order valence-corrected chi connectivity index (χ3v) is 5.40. The lowest BCUT2D eigenvalue weighted by Gasteiger charge is -2.25. The second kappa shape index (κ2) is 17.3. The van der Waals surface area contributed by atoms with E-state index in [0.29, 0.717) is 86.6 Å². The summed E-state index contributed by atoms with van der Waals surface area (Å²) >= 11 is 0. The van der Waals surface area contributed by atoms with Crippen LogP contribution >= 0.6 is 0 Å². The Hall–Kier alpha value is -3.58. The fourth-order valence-corrected chi connectivity index (χ4v) is 3.93. The van der Waals surface area contributed by atoms with E-state index in [1.54, 1.807) is 42.5 Å². The molecule has 41 heavy (non-hydrogen) atoms. The number of aliphatic hydroxyl groups is 1. The molecule has 2 aromatic rings. The fourth-order valence-electron chi connectivity index (χ4n) is 3.93. The summed E-state index contributed by atoms with van der Waals surface area (Å²) in [5, 5.41) is 17.6.